The first-order valence-corrected chi connectivity index (χ1v) is 6.76. The fourth-order valence-corrected chi connectivity index (χ4v) is 2.29. The third kappa shape index (κ3) is 3.23. The summed E-state index contributed by atoms with van der Waals surface area (Å²) < 4.78 is 0. The van der Waals surface area contributed by atoms with Crippen LogP contribution in [0.4, 0.5) is 0 Å². The number of aromatic nitrogens is 1. The predicted octanol–water partition coefficient (Wildman–Crippen LogP) is 3.25. The SMILES string of the molecule is Cc1ccc(C(=O)NCc2c(C)cc(C)nc2C)cc1. The highest BCUT2D eigenvalue weighted by Crippen LogP contribution is 2.13. The van der Waals surface area contributed by atoms with Gasteiger partial charge >= 0.3 is 0 Å². The lowest BCUT2D eigenvalue weighted by Gasteiger charge is -2.11. The summed E-state index contributed by atoms with van der Waals surface area (Å²) in [6.07, 6.45) is 0. The molecule has 0 saturated heterocycles. The van der Waals surface area contributed by atoms with Crippen LogP contribution in [0.3, 0.4) is 0 Å². The quantitative estimate of drug-likeness (QED) is 0.928. The minimum Gasteiger partial charge on any atom is -0.348 e. The highest BCUT2D eigenvalue weighted by Gasteiger charge is 2.08. The zero-order valence-electron chi connectivity index (χ0n) is 12.4. The largest absolute Gasteiger partial charge is 0.348 e. The van der Waals surface area contributed by atoms with Crippen LogP contribution in [0, 0.1) is 27.7 Å². The second-order valence-corrected chi connectivity index (χ2v) is 5.19. The number of hydrogen-bond donors (Lipinski definition) is 1. The van der Waals surface area contributed by atoms with E-state index in [2.05, 4.69) is 17.2 Å². The molecule has 3 heteroatoms. The maximum absolute atomic E-state index is 12.1. The number of carbonyl (C=O) groups is 1. The Morgan fingerprint density at radius 2 is 1.75 bits per heavy atom. The van der Waals surface area contributed by atoms with E-state index in [1.54, 1.807) is 0 Å². The number of aryl methyl sites for hydroxylation is 4. The van der Waals surface area contributed by atoms with Gasteiger partial charge in [0.2, 0.25) is 0 Å². The van der Waals surface area contributed by atoms with E-state index < -0.39 is 0 Å². The van der Waals surface area contributed by atoms with E-state index in [4.69, 9.17) is 0 Å². The Bertz CT molecular complexity index is 607. The van der Waals surface area contributed by atoms with E-state index in [9.17, 15) is 4.79 Å². The van der Waals surface area contributed by atoms with Crippen molar-refractivity contribution in [3.05, 3.63) is 64.0 Å². The zero-order chi connectivity index (χ0) is 14.7. The normalized spacial score (nSPS) is 10.4. The van der Waals surface area contributed by atoms with E-state index in [0.29, 0.717) is 12.1 Å². The molecule has 0 aliphatic rings. The van der Waals surface area contributed by atoms with Crippen LogP contribution in [0.1, 0.15) is 38.4 Å². The molecule has 0 saturated carbocycles. The maximum atomic E-state index is 12.1. The fraction of sp³-hybridized carbons (Fsp3) is 0.294. The minimum absolute atomic E-state index is 0.0515. The summed E-state index contributed by atoms with van der Waals surface area (Å²) in [6.45, 7) is 8.53. The van der Waals surface area contributed by atoms with Crippen LogP contribution in [0.2, 0.25) is 0 Å². The first kappa shape index (κ1) is 14.3. The van der Waals surface area contributed by atoms with Crippen LogP contribution in [0.5, 0.6) is 0 Å². The monoisotopic (exact) mass is 268 g/mol. The van der Waals surface area contributed by atoms with Crippen molar-refractivity contribution in [2.24, 2.45) is 0 Å². The molecule has 0 fully saturated rings. The lowest BCUT2D eigenvalue weighted by Crippen LogP contribution is -2.24. The number of benzene rings is 1. The molecule has 0 unspecified atom stereocenters. The number of nitrogens with zero attached hydrogens (tertiary/aromatic N) is 1. The molecule has 0 atom stereocenters. The molecule has 1 N–H and O–H groups in total. The molecule has 3 nitrogen and oxygen atoms in total. The Hall–Kier alpha value is -2.16. The van der Waals surface area contributed by atoms with E-state index in [-0.39, 0.29) is 5.91 Å². The summed E-state index contributed by atoms with van der Waals surface area (Å²) in [7, 11) is 0. The van der Waals surface area contributed by atoms with Crippen molar-refractivity contribution < 1.29 is 4.79 Å². The van der Waals surface area contributed by atoms with Gasteiger partial charge in [-0.05, 0) is 57.0 Å². The van der Waals surface area contributed by atoms with Gasteiger partial charge in [-0.25, -0.2) is 0 Å². The molecule has 2 aromatic rings. The van der Waals surface area contributed by atoms with Crippen molar-refractivity contribution in [2.75, 3.05) is 0 Å². The lowest BCUT2D eigenvalue weighted by molar-refractivity contribution is 0.0951. The van der Waals surface area contributed by atoms with Gasteiger partial charge in [-0.1, -0.05) is 17.7 Å². The Balaban J connectivity index is 2.09. The molecule has 1 heterocycles. The Labute approximate surface area is 120 Å². The first-order chi connectivity index (χ1) is 9.47. The molecular formula is C17H20N2O. The predicted molar refractivity (Wildman–Crippen MR) is 80.8 cm³/mol. The molecule has 0 bridgehead atoms. The van der Waals surface area contributed by atoms with Gasteiger partial charge in [0.05, 0.1) is 0 Å². The highest BCUT2D eigenvalue weighted by atomic mass is 16.1. The number of pyridine rings is 1. The van der Waals surface area contributed by atoms with E-state index in [1.807, 2.05) is 51.1 Å². The zero-order valence-corrected chi connectivity index (χ0v) is 12.4. The van der Waals surface area contributed by atoms with Gasteiger partial charge in [-0.2, -0.15) is 0 Å². The molecule has 20 heavy (non-hydrogen) atoms. The summed E-state index contributed by atoms with van der Waals surface area (Å²) in [4.78, 5) is 16.5. The van der Waals surface area contributed by atoms with Gasteiger partial charge in [0.15, 0.2) is 0 Å². The lowest BCUT2D eigenvalue weighted by atomic mass is 10.1. The Morgan fingerprint density at radius 1 is 1.10 bits per heavy atom. The van der Waals surface area contributed by atoms with Crippen LogP contribution in [-0.2, 0) is 6.54 Å². The molecule has 0 aliphatic carbocycles. The van der Waals surface area contributed by atoms with E-state index >= 15 is 0 Å². The van der Waals surface area contributed by atoms with Gasteiger partial charge in [0, 0.05) is 23.5 Å². The summed E-state index contributed by atoms with van der Waals surface area (Å²) in [5, 5.41) is 2.96. The van der Waals surface area contributed by atoms with Crippen LogP contribution in [-0.4, -0.2) is 10.9 Å². The van der Waals surface area contributed by atoms with Crippen LogP contribution < -0.4 is 5.32 Å². The third-order valence-corrected chi connectivity index (χ3v) is 3.42. The van der Waals surface area contributed by atoms with E-state index in [1.165, 1.54) is 5.56 Å². The van der Waals surface area contributed by atoms with Crippen molar-refractivity contribution in [1.82, 2.24) is 10.3 Å². The number of hydrogen-bond acceptors (Lipinski definition) is 2. The molecule has 104 valence electrons. The second kappa shape index (κ2) is 5.87. The van der Waals surface area contributed by atoms with E-state index in [0.717, 1.165) is 22.5 Å². The fourth-order valence-electron chi connectivity index (χ4n) is 2.29. The van der Waals surface area contributed by atoms with Gasteiger partial charge in [0.25, 0.3) is 5.91 Å². The molecule has 2 rings (SSSR count). The molecule has 1 amide bonds. The van der Waals surface area contributed by atoms with Crippen molar-refractivity contribution in [3.63, 3.8) is 0 Å². The van der Waals surface area contributed by atoms with Gasteiger partial charge < -0.3 is 5.32 Å². The van der Waals surface area contributed by atoms with Crippen molar-refractivity contribution in [2.45, 2.75) is 34.2 Å². The number of carbonyl (C=O) groups excluding carboxylic acids is 1. The average Bonchev–Trinajstić information content (AvgIpc) is 2.38. The van der Waals surface area contributed by atoms with Gasteiger partial charge in [-0.15, -0.1) is 0 Å². The summed E-state index contributed by atoms with van der Waals surface area (Å²) >= 11 is 0. The molecule has 0 radical (unpaired) electrons. The molecule has 1 aromatic carbocycles. The topological polar surface area (TPSA) is 42.0 Å². The minimum atomic E-state index is -0.0515. The van der Waals surface area contributed by atoms with Crippen LogP contribution in [0.15, 0.2) is 30.3 Å². The number of rotatable bonds is 3. The van der Waals surface area contributed by atoms with Crippen molar-refractivity contribution >= 4 is 5.91 Å². The third-order valence-electron chi connectivity index (χ3n) is 3.42. The van der Waals surface area contributed by atoms with Crippen LogP contribution >= 0.6 is 0 Å². The second-order valence-electron chi connectivity index (χ2n) is 5.19. The van der Waals surface area contributed by atoms with Crippen molar-refractivity contribution in [1.29, 1.82) is 0 Å². The smallest absolute Gasteiger partial charge is 0.251 e. The standard InChI is InChI=1S/C17H20N2O/c1-11-5-7-15(8-6-11)17(20)18-10-16-12(2)9-13(3)19-14(16)4/h5-9H,10H2,1-4H3,(H,18,20). The molecule has 0 spiro atoms. The summed E-state index contributed by atoms with van der Waals surface area (Å²) in [5.74, 6) is -0.0515. The molecule has 0 aliphatic heterocycles. The summed E-state index contributed by atoms with van der Waals surface area (Å²) in [5.41, 5.74) is 6.08. The Morgan fingerprint density at radius 3 is 2.35 bits per heavy atom. The number of amides is 1. The summed E-state index contributed by atoms with van der Waals surface area (Å²) in [6, 6.07) is 9.62. The van der Waals surface area contributed by atoms with Crippen molar-refractivity contribution in [3.8, 4) is 0 Å². The Kier molecular flexibility index (Phi) is 4.18. The van der Waals surface area contributed by atoms with Crippen LogP contribution in [0.25, 0.3) is 0 Å². The van der Waals surface area contributed by atoms with Gasteiger partial charge in [0.1, 0.15) is 0 Å². The average molecular weight is 268 g/mol. The van der Waals surface area contributed by atoms with Gasteiger partial charge in [-0.3, -0.25) is 9.78 Å². The molecular weight excluding hydrogens is 248 g/mol. The first-order valence-electron chi connectivity index (χ1n) is 6.76. The maximum Gasteiger partial charge on any atom is 0.251 e. The highest BCUT2D eigenvalue weighted by molar-refractivity contribution is 5.94. The number of nitrogens with one attached hydrogen (secondary N) is 1. The molecule has 1 aromatic heterocycles.